The highest BCUT2D eigenvalue weighted by atomic mass is 32.1. The zero-order chi connectivity index (χ0) is 20.7. The maximum Gasteiger partial charge on any atom is 0.252 e. The van der Waals surface area contributed by atoms with Crippen LogP contribution in [-0.4, -0.2) is 31.8 Å². The number of carbonyl (C=O) groups is 1. The van der Waals surface area contributed by atoms with Gasteiger partial charge >= 0.3 is 0 Å². The standard InChI is InChI=1S/C21H21N7OS/c1-12-16(28-9-3-7-14(17(22)29)21(28)25-12)20-26-18-15(6-2-8-23-18)19(27-20)24-11-13-5-4-10-30-13/h3-5,7,9-10H,2,6,8,11H2,1H3,(H2,22,29)(H2,23,24,26,27). The predicted octanol–water partition coefficient (Wildman–Crippen LogP) is 3.23. The Hall–Kier alpha value is -3.46. The summed E-state index contributed by atoms with van der Waals surface area (Å²) in [4.78, 5) is 27.3. The molecular formula is C21H21N7OS. The molecule has 1 amide bonds. The van der Waals surface area contributed by atoms with Crippen molar-refractivity contribution in [1.29, 1.82) is 0 Å². The molecule has 0 unspecified atom stereocenters. The van der Waals surface area contributed by atoms with Crippen molar-refractivity contribution in [2.24, 2.45) is 5.73 Å². The highest BCUT2D eigenvalue weighted by molar-refractivity contribution is 7.09. The van der Waals surface area contributed by atoms with E-state index in [1.807, 2.05) is 23.6 Å². The molecule has 0 aromatic carbocycles. The third kappa shape index (κ3) is 3.17. The summed E-state index contributed by atoms with van der Waals surface area (Å²) >= 11 is 1.71. The number of aryl methyl sites for hydroxylation is 1. The van der Waals surface area contributed by atoms with Crippen LogP contribution in [0, 0.1) is 6.92 Å². The summed E-state index contributed by atoms with van der Waals surface area (Å²) in [6.07, 6.45) is 3.82. The zero-order valence-corrected chi connectivity index (χ0v) is 17.3. The molecule has 0 bridgehead atoms. The quantitative estimate of drug-likeness (QED) is 0.458. The summed E-state index contributed by atoms with van der Waals surface area (Å²) < 4.78 is 1.84. The molecule has 152 valence electrons. The molecule has 0 saturated heterocycles. The Bertz CT molecular complexity index is 1250. The number of anilines is 2. The topological polar surface area (TPSA) is 110 Å². The van der Waals surface area contributed by atoms with E-state index in [0.29, 0.717) is 23.6 Å². The van der Waals surface area contributed by atoms with Crippen LogP contribution in [0.4, 0.5) is 11.6 Å². The number of aromatic nitrogens is 4. The van der Waals surface area contributed by atoms with E-state index >= 15 is 0 Å². The molecule has 0 radical (unpaired) electrons. The Kier molecular flexibility index (Phi) is 4.59. The molecule has 30 heavy (non-hydrogen) atoms. The second kappa shape index (κ2) is 7.42. The Morgan fingerprint density at radius 3 is 3.00 bits per heavy atom. The van der Waals surface area contributed by atoms with Crippen LogP contribution in [0.2, 0.25) is 0 Å². The minimum absolute atomic E-state index is 0.374. The summed E-state index contributed by atoms with van der Waals surface area (Å²) in [6, 6.07) is 7.61. The number of thiophene rings is 1. The fourth-order valence-corrected chi connectivity index (χ4v) is 4.46. The van der Waals surface area contributed by atoms with Gasteiger partial charge in [0.15, 0.2) is 5.82 Å². The number of nitrogens with one attached hydrogen (secondary N) is 2. The molecule has 0 aliphatic carbocycles. The van der Waals surface area contributed by atoms with Gasteiger partial charge in [-0.2, -0.15) is 0 Å². The highest BCUT2D eigenvalue weighted by Gasteiger charge is 2.22. The Morgan fingerprint density at radius 2 is 2.20 bits per heavy atom. The van der Waals surface area contributed by atoms with Crippen molar-refractivity contribution >= 4 is 34.5 Å². The molecule has 9 heteroatoms. The van der Waals surface area contributed by atoms with E-state index in [9.17, 15) is 4.79 Å². The smallest absolute Gasteiger partial charge is 0.252 e. The zero-order valence-electron chi connectivity index (χ0n) is 16.5. The number of imidazole rings is 1. The van der Waals surface area contributed by atoms with Crippen LogP contribution >= 0.6 is 11.3 Å². The van der Waals surface area contributed by atoms with Gasteiger partial charge in [-0.05, 0) is 43.3 Å². The van der Waals surface area contributed by atoms with E-state index in [1.165, 1.54) is 4.88 Å². The van der Waals surface area contributed by atoms with Crippen LogP contribution in [-0.2, 0) is 13.0 Å². The molecule has 5 heterocycles. The summed E-state index contributed by atoms with van der Waals surface area (Å²) in [5, 5.41) is 8.96. The van der Waals surface area contributed by atoms with Gasteiger partial charge in [-0.1, -0.05) is 6.07 Å². The third-order valence-electron chi connectivity index (χ3n) is 5.21. The van der Waals surface area contributed by atoms with Crippen LogP contribution < -0.4 is 16.4 Å². The first-order chi connectivity index (χ1) is 14.6. The predicted molar refractivity (Wildman–Crippen MR) is 118 cm³/mol. The first-order valence-electron chi connectivity index (χ1n) is 9.80. The molecule has 5 rings (SSSR count). The van der Waals surface area contributed by atoms with E-state index in [1.54, 1.807) is 23.5 Å². The number of fused-ring (bicyclic) bond motifs is 2. The van der Waals surface area contributed by atoms with E-state index in [0.717, 1.165) is 48.0 Å². The fourth-order valence-electron chi connectivity index (χ4n) is 3.82. The number of primary amides is 1. The molecular weight excluding hydrogens is 398 g/mol. The van der Waals surface area contributed by atoms with E-state index in [2.05, 4.69) is 27.1 Å². The minimum Gasteiger partial charge on any atom is -0.370 e. The van der Waals surface area contributed by atoms with Crippen molar-refractivity contribution in [1.82, 2.24) is 19.4 Å². The number of nitrogens with two attached hydrogens (primary N) is 1. The molecule has 0 fully saturated rings. The molecule has 0 saturated carbocycles. The van der Waals surface area contributed by atoms with Crippen molar-refractivity contribution in [3.63, 3.8) is 0 Å². The van der Waals surface area contributed by atoms with Gasteiger partial charge in [0.25, 0.3) is 5.91 Å². The summed E-state index contributed by atoms with van der Waals surface area (Å²) in [7, 11) is 0. The monoisotopic (exact) mass is 419 g/mol. The van der Waals surface area contributed by atoms with Gasteiger partial charge in [0.1, 0.15) is 23.0 Å². The van der Waals surface area contributed by atoms with Crippen molar-refractivity contribution < 1.29 is 4.79 Å². The molecule has 4 N–H and O–H groups in total. The molecule has 0 atom stereocenters. The molecule has 4 aromatic heterocycles. The Morgan fingerprint density at radius 1 is 1.30 bits per heavy atom. The normalized spacial score (nSPS) is 13.1. The second-order valence-electron chi connectivity index (χ2n) is 7.21. The maximum atomic E-state index is 11.8. The average Bonchev–Trinajstić information content (AvgIpc) is 3.38. The van der Waals surface area contributed by atoms with Crippen molar-refractivity contribution in [3.05, 3.63) is 57.5 Å². The largest absolute Gasteiger partial charge is 0.370 e. The number of hydrogen-bond acceptors (Lipinski definition) is 7. The lowest BCUT2D eigenvalue weighted by Crippen LogP contribution is -2.18. The summed E-state index contributed by atoms with van der Waals surface area (Å²) in [6.45, 7) is 3.48. The van der Waals surface area contributed by atoms with Gasteiger partial charge in [0, 0.05) is 23.2 Å². The van der Waals surface area contributed by atoms with Crippen LogP contribution in [0.25, 0.3) is 17.2 Å². The number of amides is 1. The van der Waals surface area contributed by atoms with E-state index in [4.69, 9.17) is 15.7 Å². The van der Waals surface area contributed by atoms with Crippen LogP contribution in [0.5, 0.6) is 0 Å². The lowest BCUT2D eigenvalue weighted by Gasteiger charge is -2.21. The number of hydrogen-bond donors (Lipinski definition) is 3. The molecule has 1 aliphatic rings. The molecule has 1 aliphatic heterocycles. The number of carbonyl (C=O) groups excluding carboxylic acids is 1. The fraction of sp³-hybridized carbons (Fsp3) is 0.238. The van der Waals surface area contributed by atoms with Crippen LogP contribution in [0.15, 0.2) is 35.8 Å². The average molecular weight is 420 g/mol. The Labute approximate surface area is 177 Å². The minimum atomic E-state index is -0.511. The van der Waals surface area contributed by atoms with Crippen LogP contribution in [0.1, 0.15) is 32.9 Å². The first-order valence-corrected chi connectivity index (χ1v) is 10.7. The van der Waals surface area contributed by atoms with Gasteiger partial charge in [0.2, 0.25) is 0 Å². The number of pyridine rings is 1. The SMILES string of the molecule is Cc1nc2c(C(N)=O)cccn2c1-c1nc2c(c(NCc3cccs3)n1)CCCN2. The molecule has 8 nitrogen and oxygen atoms in total. The summed E-state index contributed by atoms with van der Waals surface area (Å²) in [5.41, 5.74) is 9.02. The van der Waals surface area contributed by atoms with Gasteiger partial charge in [-0.25, -0.2) is 15.0 Å². The maximum absolute atomic E-state index is 11.8. The lowest BCUT2D eigenvalue weighted by molar-refractivity contribution is 0.100. The van der Waals surface area contributed by atoms with Gasteiger partial charge < -0.3 is 16.4 Å². The highest BCUT2D eigenvalue weighted by Crippen LogP contribution is 2.32. The number of rotatable bonds is 5. The van der Waals surface area contributed by atoms with Gasteiger partial charge in [0.05, 0.1) is 17.8 Å². The first kappa shape index (κ1) is 18.6. The third-order valence-corrected chi connectivity index (χ3v) is 6.09. The lowest BCUT2D eigenvalue weighted by atomic mass is 10.1. The van der Waals surface area contributed by atoms with Gasteiger partial charge in [-0.15, -0.1) is 11.3 Å². The summed E-state index contributed by atoms with van der Waals surface area (Å²) in [5.74, 6) is 1.73. The van der Waals surface area contributed by atoms with Crippen molar-refractivity contribution in [2.75, 3.05) is 17.2 Å². The Balaban J connectivity index is 1.64. The second-order valence-corrected chi connectivity index (χ2v) is 8.24. The number of nitrogens with zero attached hydrogens (tertiary/aromatic N) is 4. The molecule has 0 spiro atoms. The molecule has 4 aromatic rings. The van der Waals surface area contributed by atoms with Crippen molar-refractivity contribution in [3.8, 4) is 11.5 Å². The van der Waals surface area contributed by atoms with E-state index in [-0.39, 0.29) is 0 Å². The van der Waals surface area contributed by atoms with Crippen LogP contribution in [0.3, 0.4) is 0 Å². The van der Waals surface area contributed by atoms with Gasteiger partial charge in [-0.3, -0.25) is 9.20 Å². The van der Waals surface area contributed by atoms with E-state index < -0.39 is 5.91 Å². The van der Waals surface area contributed by atoms with Crippen molar-refractivity contribution in [2.45, 2.75) is 26.3 Å².